The molecule has 1 aliphatic carbocycles. The lowest BCUT2D eigenvalue weighted by Crippen LogP contribution is -2.27. The van der Waals surface area contributed by atoms with Crippen LogP contribution in [0.1, 0.15) is 39.0 Å². The van der Waals surface area contributed by atoms with Crippen molar-refractivity contribution in [2.24, 2.45) is 5.92 Å². The van der Waals surface area contributed by atoms with Crippen molar-refractivity contribution in [1.82, 2.24) is 15.0 Å². The fourth-order valence-electron chi connectivity index (χ4n) is 2.36. The first-order valence-electron chi connectivity index (χ1n) is 6.41. The second-order valence-corrected chi connectivity index (χ2v) is 5.12. The van der Waals surface area contributed by atoms with Gasteiger partial charge in [-0.15, -0.1) is 0 Å². The average Bonchev–Trinajstić information content (AvgIpc) is 2.54. The molecule has 1 heterocycles. The zero-order valence-corrected chi connectivity index (χ0v) is 11.6. The van der Waals surface area contributed by atoms with Gasteiger partial charge in [0.2, 0.25) is 11.2 Å². The molecule has 1 N–H and O–H groups in total. The maximum Gasteiger partial charge on any atom is 0.322 e. The van der Waals surface area contributed by atoms with E-state index < -0.39 is 0 Å². The van der Waals surface area contributed by atoms with Crippen LogP contribution in [-0.2, 0) is 0 Å². The lowest BCUT2D eigenvalue weighted by Gasteiger charge is -2.22. The van der Waals surface area contributed by atoms with Gasteiger partial charge in [0.1, 0.15) is 0 Å². The number of nitrogens with one attached hydrogen (secondary N) is 1. The van der Waals surface area contributed by atoms with Gasteiger partial charge in [-0.3, -0.25) is 0 Å². The van der Waals surface area contributed by atoms with Crippen LogP contribution in [0, 0.1) is 5.92 Å². The Bertz CT molecular complexity index is 402. The van der Waals surface area contributed by atoms with E-state index in [1.54, 1.807) is 0 Å². The number of nitrogens with zero attached hydrogens (tertiary/aromatic N) is 3. The topological polar surface area (TPSA) is 59.9 Å². The SMILES string of the molecule is COc1nc(Cl)nc(NC2CCCCCC2C)n1. The van der Waals surface area contributed by atoms with Crippen molar-refractivity contribution < 1.29 is 4.74 Å². The van der Waals surface area contributed by atoms with Crippen molar-refractivity contribution in [1.29, 1.82) is 0 Å². The van der Waals surface area contributed by atoms with E-state index in [1.165, 1.54) is 32.8 Å². The minimum Gasteiger partial charge on any atom is -0.467 e. The van der Waals surface area contributed by atoms with Crippen LogP contribution in [0.4, 0.5) is 5.95 Å². The highest BCUT2D eigenvalue weighted by Gasteiger charge is 2.21. The number of rotatable bonds is 3. The van der Waals surface area contributed by atoms with Crippen LogP contribution in [0.25, 0.3) is 0 Å². The number of halogens is 1. The molecule has 6 heteroatoms. The summed E-state index contributed by atoms with van der Waals surface area (Å²) < 4.78 is 4.99. The van der Waals surface area contributed by atoms with Crippen LogP contribution in [0.15, 0.2) is 0 Å². The third-order valence-corrected chi connectivity index (χ3v) is 3.62. The van der Waals surface area contributed by atoms with Crippen molar-refractivity contribution in [3.05, 3.63) is 5.28 Å². The van der Waals surface area contributed by atoms with Crippen molar-refractivity contribution >= 4 is 17.5 Å². The summed E-state index contributed by atoms with van der Waals surface area (Å²) in [5.74, 6) is 1.12. The van der Waals surface area contributed by atoms with E-state index in [0.29, 0.717) is 17.9 Å². The molecule has 1 aromatic rings. The highest BCUT2D eigenvalue weighted by atomic mass is 35.5. The summed E-state index contributed by atoms with van der Waals surface area (Å²) in [6.07, 6.45) is 6.25. The van der Waals surface area contributed by atoms with Crippen molar-refractivity contribution in [3.63, 3.8) is 0 Å². The Labute approximate surface area is 112 Å². The first-order valence-corrected chi connectivity index (χ1v) is 6.79. The molecule has 1 aliphatic rings. The summed E-state index contributed by atoms with van der Waals surface area (Å²) in [4.78, 5) is 12.1. The predicted octanol–water partition coefficient (Wildman–Crippen LogP) is 2.91. The van der Waals surface area contributed by atoms with Crippen LogP contribution in [0.2, 0.25) is 5.28 Å². The second-order valence-electron chi connectivity index (χ2n) is 4.78. The van der Waals surface area contributed by atoms with Crippen LogP contribution in [-0.4, -0.2) is 28.1 Å². The largest absolute Gasteiger partial charge is 0.467 e. The molecule has 0 saturated heterocycles. The Morgan fingerprint density at radius 3 is 2.72 bits per heavy atom. The minimum absolute atomic E-state index is 0.158. The molecule has 0 aliphatic heterocycles. The number of anilines is 1. The van der Waals surface area contributed by atoms with E-state index >= 15 is 0 Å². The molecule has 0 spiro atoms. The summed E-state index contributed by atoms with van der Waals surface area (Å²) >= 11 is 5.83. The number of ether oxygens (including phenoxy) is 1. The van der Waals surface area contributed by atoms with Crippen LogP contribution in [0.3, 0.4) is 0 Å². The molecule has 2 unspecified atom stereocenters. The summed E-state index contributed by atoms with van der Waals surface area (Å²) in [6, 6.07) is 0.648. The molecule has 100 valence electrons. The Kier molecular flexibility index (Phi) is 4.58. The zero-order valence-electron chi connectivity index (χ0n) is 10.8. The van der Waals surface area contributed by atoms with E-state index in [4.69, 9.17) is 16.3 Å². The Hall–Kier alpha value is -1.10. The molecule has 2 atom stereocenters. The van der Waals surface area contributed by atoms with Crippen molar-refractivity contribution in [3.8, 4) is 6.01 Å². The number of hydrogen-bond acceptors (Lipinski definition) is 5. The molecule has 18 heavy (non-hydrogen) atoms. The van der Waals surface area contributed by atoms with Gasteiger partial charge in [-0.2, -0.15) is 15.0 Å². The van der Waals surface area contributed by atoms with Gasteiger partial charge in [-0.05, 0) is 30.4 Å². The first-order chi connectivity index (χ1) is 8.69. The molecule has 0 radical (unpaired) electrons. The third kappa shape index (κ3) is 3.45. The van der Waals surface area contributed by atoms with Gasteiger partial charge in [0.25, 0.3) is 0 Å². The molecule has 0 aromatic carbocycles. The summed E-state index contributed by atoms with van der Waals surface area (Å²) in [5, 5.41) is 3.52. The van der Waals surface area contributed by atoms with Gasteiger partial charge in [-0.1, -0.05) is 26.2 Å². The molecule has 1 fully saturated rings. The minimum atomic E-state index is 0.158. The van der Waals surface area contributed by atoms with Crippen LogP contribution < -0.4 is 10.1 Å². The Morgan fingerprint density at radius 1 is 1.17 bits per heavy atom. The van der Waals surface area contributed by atoms with Gasteiger partial charge >= 0.3 is 6.01 Å². The van der Waals surface area contributed by atoms with Crippen LogP contribution >= 0.6 is 11.6 Å². The van der Waals surface area contributed by atoms with Gasteiger partial charge in [0.15, 0.2) is 0 Å². The highest BCUT2D eigenvalue weighted by molar-refractivity contribution is 6.28. The smallest absolute Gasteiger partial charge is 0.322 e. The molecule has 0 bridgehead atoms. The quantitative estimate of drug-likeness (QED) is 0.856. The molecule has 0 amide bonds. The van der Waals surface area contributed by atoms with Gasteiger partial charge < -0.3 is 10.1 Å². The molecule has 2 rings (SSSR count). The lowest BCUT2D eigenvalue weighted by atomic mass is 9.97. The maximum atomic E-state index is 5.83. The third-order valence-electron chi connectivity index (χ3n) is 3.45. The lowest BCUT2D eigenvalue weighted by molar-refractivity contribution is 0.377. The number of aromatic nitrogens is 3. The van der Waals surface area contributed by atoms with E-state index in [2.05, 4.69) is 27.2 Å². The molecule has 5 nitrogen and oxygen atoms in total. The van der Waals surface area contributed by atoms with E-state index in [1.807, 2.05) is 0 Å². The fourth-order valence-corrected chi connectivity index (χ4v) is 2.51. The normalized spacial score (nSPS) is 24.4. The summed E-state index contributed by atoms with van der Waals surface area (Å²) in [5.41, 5.74) is 0. The Balaban J connectivity index is 2.09. The summed E-state index contributed by atoms with van der Waals surface area (Å²) in [6.45, 7) is 2.27. The van der Waals surface area contributed by atoms with Gasteiger partial charge in [0.05, 0.1) is 7.11 Å². The summed E-state index contributed by atoms with van der Waals surface area (Å²) in [7, 11) is 1.52. The highest BCUT2D eigenvalue weighted by Crippen LogP contribution is 2.25. The Morgan fingerprint density at radius 2 is 1.94 bits per heavy atom. The molecule has 1 aromatic heterocycles. The molecular formula is C12H19ClN4O. The van der Waals surface area contributed by atoms with Gasteiger partial charge in [-0.25, -0.2) is 0 Å². The monoisotopic (exact) mass is 270 g/mol. The van der Waals surface area contributed by atoms with Gasteiger partial charge in [0, 0.05) is 6.04 Å². The number of methoxy groups -OCH3 is 1. The fraction of sp³-hybridized carbons (Fsp3) is 0.750. The van der Waals surface area contributed by atoms with Crippen molar-refractivity contribution in [2.75, 3.05) is 12.4 Å². The zero-order chi connectivity index (χ0) is 13.0. The van der Waals surface area contributed by atoms with E-state index in [9.17, 15) is 0 Å². The second kappa shape index (κ2) is 6.18. The average molecular weight is 271 g/mol. The van der Waals surface area contributed by atoms with Crippen molar-refractivity contribution in [2.45, 2.75) is 45.1 Å². The van der Waals surface area contributed by atoms with E-state index in [0.717, 1.165) is 6.42 Å². The van der Waals surface area contributed by atoms with Crippen LogP contribution in [0.5, 0.6) is 6.01 Å². The molecule has 1 saturated carbocycles. The molecular weight excluding hydrogens is 252 g/mol. The number of hydrogen-bond donors (Lipinski definition) is 1. The first kappa shape index (κ1) is 13.3. The van der Waals surface area contributed by atoms with E-state index in [-0.39, 0.29) is 11.3 Å². The predicted molar refractivity (Wildman–Crippen MR) is 71.0 cm³/mol. The standard InChI is InChI=1S/C12H19ClN4O/c1-8-6-4-3-5-7-9(8)14-11-15-10(13)16-12(17-11)18-2/h8-9H,3-7H2,1-2H3,(H,14,15,16,17). The maximum absolute atomic E-state index is 5.83.